The van der Waals surface area contributed by atoms with Gasteiger partial charge in [-0.1, -0.05) is 59.6 Å². The molecule has 1 aromatic heterocycles. The summed E-state index contributed by atoms with van der Waals surface area (Å²) in [5.41, 5.74) is 2.81. The quantitative estimate of drug-likeness (QED) is 0.541. The summed E-state index contributed by atoms with van der Waals surface area (Å²) in [5.74, 6) is -0.424. The minimum absolute atomic E-state index is 0.159. The second-order valence-corrected chi connectivity index (χ2v) is 8.27. The van der Waals surface area contributed by atoms with Crippen molar-refractivity contribution in [3.05, 3.63) is 87.2 Å². The van der Waals surface area contributed by atoms with E-state index >= 15 is 0 Å². The minimum atomic E-state index is -0.265. The van der Waals surface area contributed by atoms with Gasteiger partial charge in [-0.25, -0.2) is 0 Å². The van der Waals surface area contributed by atoms with E-state index in [0.717, 1.165) is 18.4 Å². The number of aryl methyl sites for hydroxylation is 1. The third-order valence-electron chi connectivity index (χ3n) is 5.23. The van der Waals surface area contributed by atoms with Gasteiger partial charge in [0.05, 0.1) is 16.6 Å². The Morgan fingerprint density at radius 1 is 1.00 bits per heavy atom. The summed E-state index contributed by atoms with van der Waals surface area (Å²) in [6, 6.07) is 17.0. The van der Waals surface area contributed by atoms with Crippen LogP contribution in [0.3, 0.4) is 0 Å². The lowest BCUT2D eigenvalue weighted by Gasteiger charge is -2.27. The maximum Gasteiger partial charge on any atom is 0.272 e. The number of hydrogen-bond donors (Lipinski definition) is 1. The van der Waals surface area contributed by atoms with Crippen LogP contribution in [0.2, 0.25) is 10.0 Å². The van der Waals surface area contributed by atoms with E-state index in [9.17, 15) is 9.59 Å². The zero-order chi connectivity index (χ0) is 21.8. The van der Waals surface area contributed by atoms with Crippen molar-refractivity contribution >= 4 is 35.0 Å². The number of nitrogens with zero attached hydrogens (tertiary/aromatic N) is 3. The van der Waals surface area contributed by atoms with Crippen molar-refractivity contribution in [2.75, 3.05) is 13.1 Å². The third-order valence-corrected chi connectivity index (χ3v) is 5.97. The Hall–Kier alpha value is -2.83. The van der Waals surface area contributed by atoms with Crippen LogP contribution in [0.4, 0.5) is 0 Å². The molecule has 8 heteroatoms. The Bertz CT molecular complexity index is 1100. The molecule has 1 aliphatic heterocycles. The van der Waals surface area contributed by atoms with Crippen LogP contribution in [0.15, 0.2) is 54.6 Å². The molecule has 0 spiro atoms. The topological polar surface area (TPSA) is 67.2 Å². The zero-order valence-electron chi connectivity index (χ0n) is 16.9. The van der Waals surface area contributed by atoms with Crippen LogP contribution in [-0.4, -0.2) is 39.6 Å². The van der Waals surface area contributed by atoms with Crippen LogP contribution in [0, 0.1) is 0 Å². The number of hydrogen-bond acceptors (Lipinski definition) is 3. The normalized spacial score (nSPS) is 13.2. The first-order valence-corrected chi connectivity index (χ1v) is 10.9. The number of rotatable bonds is 7. The molecule has 0 bridgehead atoms. The Balaban J connectivity index is 1.34. The Morgan fingerprint density at radius 2 is 1.81 bits per heavy atom. The summed E-state index contributed by atoms with van der Waals surface area (Å²) in [6.07, 6.45) is 1.72. The van der Waals surface area contributed by atoms with E-state index in [4.69, 9.17) is 23.2 Å². The lowest BCUT2D eigenvalue weighted by atomic mass is 10.1. The largest absolute Gasteiger partial charge is 0.351 e. The molecule has 3 aromatic rings. The van der Waals surface area contributed by atoms with E-state index in [2.05, 4.69) is 22.5 Å². The van der Waals surface area contributed by atoms with Gasteiger partial charge in [-0.3, -0.25) is 14.3 Å². The van der Waals surface area contributed by atoms with Gasteiger partial charge in [-0.15, -0.1) is 0 Å². The van der Waals surface area contributed by atoms with Gasteiger partial charge in [0.1, 0.15) is 5.69 Å². The van der Waals surface area contributed by atoms with Crippen molar-refractivity contribution in [1.82, 2.24) is 20.0 Å². The SMILES string of the molecule is O=C(NCCCc1ccccc1)c1cc2n(n1)CCN(Cc1ccc(Cl)c(Cl)c1)C2=O. The highest BCUT2D eigenvalue weighted by atomic mass is 35.5. The van der Waals surface area contributed by atoms with E-state index in [0.29, 0.717) is 41.9 Å². The molecule has 2 aromatic carbocycles. The highest BCUT2D eigenvalue weighted by Crippen LogP contribution is 2.24. The number of halogens is 2. The zero-order valence-corrected chi connectivity index (χ0v) is 18.4. The van der Waals surface area contributed by atoms with Gasteiger partial charge >= 0.3 is 0 Å². The van der Waals surface area contributed by atoms with Gasteiger partial charge in [0.15, 0.2) is 5.69 Å². The van der Waals surface area contributed by atoms with Gasteiger partial charge in [0, 0.05) is 25.7 Å². The monoisotopic (exact) mass is 456 g/mol. The molecule has 1 aliphatic rings. The first-order chi connectivity index (χ1) is 15.0. The molecule has 2 amide bonds. The number of amides is 2. The fourth-order valence-electron chi connectivity index (χ4n) is 3.59. The molecule has 1 N–H and O–H groups in total. The second-order valence-electron chi connectivity index (χ2n) is 7.46. The summed E-state index contributed by atoms with van der Waals surface area (Å²) in [5, 5.41) is 8.15. The Morgan fingerprint density at radius 3 is 2.58 bits per heavy atom. The number of benzene rings is 2. The smallest absolute Gasteiger partial charge is 0.272 e. The summed E-state index contributed by atoms with van der Waals surface area (Å²) in [6.45, 7) is 2.00. The molecule has 0 atom stereocenters. The van der Waals surface area contributed by atoms with Crippen LogP contribution in [-0.2, 0) is 19.5 Å². The van der Waals surface area contributed by atoms with E-state index in [1.165, 1.54) is 5.56 Å². The van der Waals surface area contributed by atoms with Crippen LogP contribution in [0.25, 0.3) is 0 Å². The molecule has 0 saturated carbocycles. The fourth-order valence-corrected chi connectivity index (χ4v) is 3.91. The summed E-state index contributed by atoms with van der Waals surface area (Å²) >= 11 is 12.0. The highest BCUT2D eigenvalue weighted by Gasteiger charge is 2.28. The summed E-state index contributed by atoms with van der Waals surface area (Å²) in [7, 11) is 0. The molecule has 0 unspecified atom stereocenters. The van der Waals surface area contributed by atoms with Crippen molar-refractivity contribution in [3.8, 4) is 0 Å². The summed E-state index contributed by atoms with van der Waals surface area (Å²) in [4.78, 5) is 27.1. The van der Waals surface area contributed by atoms with Crippen molar-refractivity contribution in [2.45, 2.75) is 25.9 Å². The second kappa shape index (κ2) is 9.54. The molecule has 4 rings (SSSR count). The maximum atomic E-state index is 12.9. The van der Waals surface area contributed by atoms with Crippen molar-refractivity contribution in [3.63, 3.8) is 0 Å². The number of carbonyl (C=O) groups is 2. The van der Waals surface area contributed by atoms with Crippen LogP contribution < -0.4 is 5.32 Å². The van der Waals surface area contributed by atoms with Crippen molar-refractivity contribution in [1.29, 1.82) is 0 Å². The maximum absolute atomic E-state index is 12.9. The Kier molecular flexibility index (Phi) is 6.59. The molecular weight excluding hydrogens is 435 g/mol. The average molecular weight is 457 g/mol. The first-order valence-electron chi connectivity index (χ1n) is 10.1. The van der Waals surface area contributed by atoms with E-state index in [1.54, 1.807) is 27.8 Å². The number of aromatic nitrogens is 2. The van der Waals surface area contributed by atoms with Crippen molar-refractivity contribution < 1.29 is 9.59 Å². The molecular formula is C23H22Cl2N4O2. The molecule has 160 valence electrons. The van der Waals surface area contributed by atoms with Gasteiger partial charge in [-0.05, 0) is 36.1 Å². The lowest BCUT2D eigenvalue weighted by molar-refractivity contribution is 0.0683. The number of carbonyl (C=O) groups excluding carboxylic acids is 2. The summed E-state index contributed by atoms with van der Waals surface area (Å²) < 4.78 is 1.60. The fraction of sp³-hybridized carbons (Fsp3) is 0.261. The van der Waals surface area contributed by atoms with Crippen molar-refractivity contribution in [2.24, 2.45) is 0 Å². The predicted octanol–water partition coefficient (Wildman–Crippen LogP) is 4.21. The molecule has 0 fully saturated rings. The molecule has 2 heterocycles. The number of nitrogens with one attached hydrogen (secondary N) is 1. The molecule has 6 nitrogen and oxygen atoms in total. The predicted molar refractivity (Wildman–Crippen MR) is 121 cm³/mol. The molecule has 0 saturated heterocycles. The first kappa shape index (κ1) is 21.4. The number of fused-ring (bicyclic) bond motifs is 1. The van der Waals surface area contributed by atoms with Crippen LogP contribution >= 0.6 is 23.2 Å². The lowest BCUT2D eigenvalue weighted by Crippen LogP contribution is -2.39. The van der Waals surface area contributed by atoms with E-state index in [1.807, 2.05) is 24.3 Å². The molecule has 31 heavy (non-hydrogen) atoms. The van der Waals surface area contributed by atoms with E-state index < -0.39 is 0 Å². The van der Waals surface area contributed by atoms with Gasteiger partial charge < -0.3 is 10.2 Å². The van der Waals surface area contributed by atoms with Gasteiger partial charge in [-0.2, -0.15) is 5.10 Å². The van der Waals surface area contributed by atoms with Crippen LogP contribution in [0.5, 0.6) is 0 Å². The van der Waals surface area contributed by atoms with Gasteiger partial charge in [0.2, 0.25) is 0 Å². The Labute approximate surface area is 190 Å². The standard InChI is InChI=1S/C23H22Cl2N4O2/c24-18-9-8-17(13-19(18)25)15-28-11-12-29-21(23(28)31)14-20(27-29)22(30)26-10-4-7-16-5-2-1-3-6-16/h1-3,5-6,8-9,13-14H,4,7,10-12,15H2,(H,26,30). The van der Waals surface area contributed by atoms with E-state index in [-0.39, 0.29) is 17.5 Å². The molecule has 0 radical (unpaired) electrons. The minimum Gasteiger partial charge on any atom is -0.351 e. The average Bonchev–Trinajstić information content (AvgIpc) is 3.22. The highest BCUT2D eigenvalue weighted by molar-refractivity contribution is 6.42. The molecule has 0 aliphatic carbocycles. The van der Waals surface area contributed by atoms with Crippen LogP contribution in [0.1, 0.15) is 38.5 Å². The third kappa shape index (κ3) is 5.09. The van der Waals surface area contributed by atoms with Gasteiger partial charge in [0.25, 0.3) is 11.8 Å².